The Morgan fingerprint density at radius 1 is 1.16 bits per heavy atom. The zero-order valence-electron chi connectivity index (χ0n) is 26.9. The summed E-state index contributed by atoms with van der Waals surface area (Å²) in [5.74, 6) is -1.08. The van der Waals surface area contributed by atoms with Crippen molar-refractivity contribution in [2.45, 2.75) is 57.6 Å². The van der Waals surface area contributed by atoms with Crippen molar-refractivity contribution in [1.82, 2.24) is 29.6 Å². The summed E-state index contributed by atoms with van der Waals surface area (Å²) in [6, 6.07) is 2.91. The lowest BCUT2D eigenvalue weighted by molar-refractivity contribution is -0.137. The van der Waals surface area contributed by atoms with Gasteiger partial charge in [0.25, 0.3) is 0 Å². The fourth-order valence-electron chi connectivity index (χ4n) is 3.65. The predicted molar refractivity (Wildman–Crippen MR) is 185 cm³/mol. The Kier molecular flexibility index (Phi) is 17.6. The lowest BCUT2D eigenvalue weighted by Crippen LogP contribution is -2.31. The maximum Gasteiger partial charge on any atom is 0.339 e. The molecule has 0 saturated carbocycles. The Morgan fingerprint density at radius 2 is 1.82 bits per heavy atom. The molecular weight excluding hydrogens is 751 g/mol. The first-order chi connectivity index (χ1) is 23.0. The number of benzene rings is 1. The van der Waals surface area contributed by atoms with Gasteiger partial charge in [-0.05, 0) is 68.7 Å². The average Bonchev–Trinajstić information content (AvgIpc) is 3.32. The number of hydrogen-bond acceptors (Lipinski definition) is 14. The standard InChI is InChI=1S/C15H15ClFN3O3S2.C8H14ClN5.C3H8NO5P/c1-23-13(21)8-24-12-7-11(10(17)6-9(12)16)18-14-19-4-2-3-5-20(19)15(22)25-14;1-4-10-7-12-6(9)13-8(14-7)11-5(2)3;5-3(6)1-4-2-10(7,8)9/h6-7H,2-5,8H2,1H3;5H,4H2,1-3H3,(H2,10,11,12,13,14);4H,1-2H2,(H,5,6)(H2,7,8,9)/b18-14-;;. The second-order valence-corrected chi connectivity index (χ2v) is 14.4. The largest absolute Gasteiger partial charge is 0.480 e. The van der Waals surface area contributed by atoms with E-state index >= 15 is 0 Å². The minimum atomic E-state index is -4.10. The van der Waals surface area contributed by atoms with Gasteiger partial charge in [0, 0.05) is 30.6 Å². The molecule has 0 unspecified atom stereocenters. The van der Waals surface area contributed by atoms with Crippen molar-refractivity contribution in [3.8, 4) is 0 Å². The molecule has 6 N–H and O–H groups in total. The molecule has 0 amide bonds. The highest BCUT2D eigenvalue weighted by molar-refractivity contribution is 8.00. The van der Waals surface area contributed by atoms with Gasteiger partial charge in [-0.2, -0.15) is 15.0 Å². The highest BCUT2D eigenvalue weighted by atomic mass is 35.5. The first-order valence-electron chi connectivity index (χ1n) is 14.5. The number of esters is 1. The molecule has 0 saturated heterocycles. The molecular formula is C26H37Cl2FN9O8PS2. The van der Waals surface area contributed by atoms with Crippen molar-refractivity contribution >= 4 is 83.4 Å². The molecule has 1 aliphatic heterocycles. The second kappa shape index (κ2) is 20.5. The number of rotatable bonds is 12. The molecule has 0 aliphatic carbocycles. The molecule has 0 radical (unpaired) electrons. The van der Waals surface area contributed by atoms with Crippen LogP contribution in [0.25, 0.3) is 0 Å². The van der Waals surface area contributed by atoms with Crippen molar-refractivity contribution in [1.29, 1.82) is 0 Å². The van der Waals surface area contributed by atoms with Crippen LogP contribution in [0.1, 0.15) is 33.6 Å². The molecule has 17 nitrogen and oxygen atoms in total. The Bertz CT molecular complexity index is 1750. The van der Waals surface area contributed by atoms with E-state index in [0.29, 0.717) is 34.7 Å². The number of carboxylic acid groups (broad SMARTS) is 1. The van der Waals surface area contributed by atoms with Gasteiger partial charge < -0.3 is 30.3 Å². The van der Waals surface area contributed by atoms with Crippen LogP contribution in [0.3, 0.4) is 0 Å². The Balaban J connectivity index is 0.000000293. The number of carbonyl (C=O) groups excluding carboxylic acids is 1. The van der Waals surface area contributed by atoms with Gasteiger partial charge in [0.15, 0.2) is 0 Å². The van der Waals surface area contributed by atoms with Crippen molar-refractivity contribution in [3.05, 3.63) is 42.7 Å². The van der Waals surface area contributed by atoms with E-state index < -0.39 is 38.2 Å². The van der Waals surface area contributed by atoms with Gasteiger partial charge in [-0.3, -0.25) is 28.9 Å². The monoisotopic (exact) mass is 787 g/mol. The third kappa shape index (κ3) is 15.5. The maximum absolute atomic E-state index is 14.3. The summed E-state index contributed by atoms with van der Waals surface area (Å²) in [5.41, 5.74) is 0.0829. The number of hydrogen-bond donors (Lipinski definition) is 6. The topological polar surface area (TPSA) is 235 Å². The van der Waals surface area contributed by atoms with E-state index in [1.54, 1.807) is 9.36 Å². The summed E-state index contributed by atoms with van der Waals surface area (Å²) in [7, 11) is -2.80. The molecule has 23 heteroatoms. The highest BCUT2D eigenvalue weighted by Crippen LogP contribution is 2.33. The smallest absolute Gasteiger partial charge is 0.339 e. The van der Waals surface area contributed by atoms with Crippen LogP contribution in [0, 0.1) is 5.82 Å². The van der Waals surface area contributed by atoms with E-state index in [1.165, 1.54) is 13.2 Å². The number of nitrogens with one attached hydrogen (secondary N) is 3. The van der Waals surface area contributed by atoms with Gasteiger partial charge in [0.2, 0.25) is 22.0 Å². The molecule has 3 aromatic rings. The van der Waals surface area contributed by atoms with E-state index in [9.17, 15) is 23.3 Å². The van der Waals surface area contributed by atoms with Crippen LogP contribution in [0.15, 0.2) is 26.8 Å². The molecule has 272 valence electrons. The average molecular weight is 789 g/mol. The molecule has 49 heavy (non-hydrogen) atoms. The Labute approximate surface area is 298 Å². The number of ether oxygens (including phenoxy) is 1. The first-order valence-corrected chi connectivity index (χ1v) is 18.8. The molecule has 2 aromatic heterocycles. The number of aromatic nitrogens is 5. The minimum Gasteiger partial charge on any atom is -0.480 e. The number of halogens is 3. The minimum absolute atomic E-state index is 0.0605. The SMILES string of the molecule is CCNc1nc(Cl)nc(NC(C)C)n1.COC(=O)CSc1cc(/N=c2\sc(=O)n3n2CCCC3)c(F)cc1Cl.O=C(O)CNCP(=O)(O)O. The molecule has 0 spiro atoms. The van der Waals surface area contributed by atoms with Crippen LogP contribution in [-0.2, 0) is 32.0 Å². The van der Waals surface area contributed by atoms with Crippen molar-refractivity contribution in [3.63, 3.8) is 0 Å². The molecule has 0 atom stereocenters. The Hall–Kier alpha value is -3.10. The van der Waals surface area contributed by atoms with Crippen LogP contribution in [0.2, 0.25) is 10.3 Å². The quantitative estimate of drug-likeness (QED) is 0.0877. The number of nitrogens with zero attached hydrogens (tertiary/aromatic N) is 6. The summed E-state index contributed by atoms with van der Waals surface area (Å²) in [5, 5.41) is 16.5. The zero-order valence-corrected chi connectivity index (χ0v) is 30.9. The number of methoxy groups -OCH3 is 1. The molecule has 0 bridgehead atoms. The fraction of sp³-hybridized carbons (Fsp3) is 0.500. The molecule has 4 rings (SSSR count). The van der Waals surface area contributed by atoms with Crippen LogP contribution in [0.4, 0.5) is 22.0 Å². The van der Waals surface area contributed by atoms with Crippen molar-refractivity contribution in [2.24, 2.45) is 4.99 Å². The Morgan fingerprint density at radius 3 is 2.41 bits per heavy atom. The summed E-state index contributed by atoms with van der Waals surface area (Å²) in [4.78, 5) is 66.6. The van der Waals surface area contributed by atoms with Crippen LogP contribution in [-0.4, -0.2) is 89.4 Å². The summed E-state index contributed by atoms with van der Waals surface area (Å²) >= 11 is 13.9. The third-order valence-corrected chi connectivity index (χ3v) is 8.76. The maximum atomic E-state index is 14.3. The van der Waals surface area contributed by atoms with Gasteiger partial charge in [0.05, 0.1) is 30.7 Å². The van der Waals surface area contributed by atoms with Crippen LogP contribution in [0.5, 0.6) is 0 Å². The van der Waals surface area contributed by atoms with Crippen molar-refractivity contribution < 1.29 is 38.2 Å². The molecule has 1 aromatic carbocycles. The molecule has 3 heterocycles. The van der Waals surface area contributed by atoms with E-state index in [-0.39, 0.29) is 32.7 Å². The van der Waals surface area contributed by atoms with E-state index in [2.05, 4.69) is 40.6 Å². The number of anilines is 2. The summed E-state index contributed by atoms with van der Waals surface area (Å²) in [6.07, 6.45) is 1.30. The number of carbonyl (C=O) groups is 2. The summed E-state index contributed by atoms with van der Waals surface area (Å²) < 4.78 is 32.3. The highest BCUT2D eigenvalue weighted by Gasteiger charge is 2.15. The second-order valence-electron chi connectivity index (χ2n) is 10.0. The molecule has 1 aliphatic rings. The number of fused-ring (bicyclic) bond motifs is 1. The lowest BCUT2D eigenvalue weighted by Gasteiger charge is -2.15. The van der Waals surface area contributed by atoms with E-state index in [1.807, 2.05) is 20.8 Å². The molecule has 0 fully saturated rings. The van der Waals surface area contributed by atoms with Crippen molar-refractivity contribution in [2.75, 3.05) is 42.9 Å². The van der Waals surface area contributed by atoms with Gasteiger partial charge in [-0.25, -0.2) is 14.1 Å². The van der Waals surface area contributed by atoms with E-state index in [0.717, 1.165) is 48.6 Å². The zero-order chi connectivity index (χ0) is 36.7. The van der Waals surface area contributed by atoms with Crippen LogP contribution < -0.4 is 25.6 Å². The number of carboxylic acids is 1. The van der Waals surface area contributed by atoms with Gasteiger partial charge in [-0.1, -0.05) is 11.6 Å². The van der Waals surface area contributed by atoms with Gasteiger partial charge in [-0.15, -0.1) is 11.8 Å². The predicted octanol–water partition coefficient (Wildman–Crippen LogP) is 3.37. The lowest BCUT2D eigenvalue weighted by atomic mass is 10.3. The number of aliphatic carboxylic acids is 1. The fourth-order valence-corrected chi connectivity index (χ4v) is 6.20. The van der Waals surface area contributed by atoms with Gasteiger partial charge in [0.1, 0.15) is 11.5 Å². The van der Waals surface area contributed by atoms with E-state index in [4.69, 9.17) is 38.1 Å². The van der Waals surface area contributed by atoms with Gasteiger partial charge >= 0.3 is 24.4 Å². The summed E-state index contributed by atoms with van der Waals surface area (Å²) in [6.45, 7) is 7.61. The normalized spacial score (nSPS) is 12.7. The first kappa shape index (κ1) is 42.1. The van der Waals surface area contributed by atoms with Crippen LogP contribution >= 0.6 is 53.9 Å². The number of thioether (sulfide) groups is 1. The third-order valence-electron chi connectivity index (χ3n) is 5.64.